The Balaban J connectivity index is 2.44. The molecule has 0 saturated carbocycles. The molecule has 0 aromatic heterocycles. The summed E-state index contributed by atoms with van der Waals surface area (Å²) in [6.45, 7) is 4.26. The topological polar surface area (TPSA) is 21.3 Å². The lowest BCUT2D eigenvalue weighted by Gasteiger charge is -2.21. The Morgan fingerprint density at radius 3 is 3.00 bits per heavy atom. The van der Waals surface area contributed by atoms with Gasteiger partial charge >= 0.3 is 0 Å². The van der Waals surface area contributed by atoms with Crippen molar-refractivity contribution in [1.29, 1.82) is 0 Å². The first-order valence-electron chi connectivity index (χ1n) is 7.29. The van der Waals surface area contributed by atoms with E-state index in [9.17, 15) is 0 Å². The highest BCUT2D eigenvalue weighted by Crippen LogP contribution is 2.22. The van der Waals surface area contributed by atoms with E-state index in [2.05, 4.69) is 18.3 Å². The first-order valence-corrected chi connectivity index (χ1v) is 7.29. The summed E-state index contributed by atoms with van der Waals surface area (Å²) in [7, 11) is 1.79. The van der Waals surface area contributed by atoms with Crippen molar-refractivity contribution in [2.45, 2.75) is 64.3 Å². The molecule has 100 valence electrons. The van der Waals surface area contributed by atoms with Crippen molar-refractivity contribution >= 4 is 0 Å². The van der Waals surface area contributed by atoms with Crippen molar-refractivity contribution in [3.05, 3.63) is 11.6 Å². The van der Waals surface area contributed by atoms with Crippen LogP contribution in [0.2, 0.25) is 0 Å². The molecule has 17 heavy (non-hydrogen) atoms. The van der Waals surface area contributed by atoms with E-state index in [1.807, 2.05) is 0 Å². The Morgan fingerprint density at radius 1 is 1.35 bits per heavy atom. The molecule has 0 amide bonds. The van der Waals surface area contributed by atoms with Gasteiger partial charge in [-0.2, -0.15) is 0 Å². The SMILES string of the molecule is CCCNC(CCCOC)C1=CCCCCC1. The molecular formula is C15H29NO. The number of nitrogens with one attached hydrogen (secondary N) is 1. The average molecular weight is 239 g/mol. The van der Waals surface area contributed by atoms with Crippen molar-refractivity contribution in [3.8, 4) is 0 Å². The van der Waals surface area contributed by atoms with Gasteiger partial charge in [-0.25, -0.2) is 0 Å². The van der Waals surface area contributed by atoms with Crippen molar-refractivity contribution in [1.82, 2.24) is 5.32 Å². The van der Waals surface area contributed by atoms with Gasteiger partial charge in [0.25, 0.3) is 0 Å². The van der Waals surface area contributed by atoms with E-state index in [4.69, 9.17) is 4.74 Å². The number of rotatable bonds is 8. The van der Waals surface area contributed by atoms with Gasteiger partial charge in [-0.3, -0.25) is 0 Å². The number of hydrogen-bond donors (Lipinski definition) is 1. The lowest BCUT2D eigenvalue weighted by Crippen LogP contribution is -2.32. The third-order valence-electron chi connectivity index (χ3n) is 3.51. The van der Waals surface area contributed by atoms with Crippen LogP contribution in [0.3, 0.4) is 0 Å². The predicted molar refractivity (Wildman–Crippen MR) is 74.4 cm³/mol. The van der Waals surface area contributed by atoms with E-state index in [0.29, 0.717) is 6.04 Å². The largest absolute Gasteiger partial charge is 0.385 e. The molecule has 0 spiro atoms. The van der Waals surface area contributed by atoms with Gasteiger partial charge < -0.3 is 10.1 Å². The molecule has 0 heterocycles. The van der Waals surface area contributed by atoms with Crippen molar-refractivity contribution < 1.29 is 4.74 Å². The first-order chi connectivity index (χ1) is 8.38. The lowest BCUT2D eigenvalue weighted by molar-refractivity contribution is 0.190. The highest BCUT2D eigenvalue weighted by molar-refractivity contribution is 5.12. The second kappa shape index (κ2) is 9.67. The van der Waals surface area contributed by atoms with E-state index in [1.54, 1.807) is 12.7 Å². The molecule has 0 radical (unpaired) electrons. The highest BCUT2D eigenvalue weighted by Gasteiger charge is 2.14. The van der Waals surface area contributed by atoms with Crippen molar-refractivity contribution in [3.63, 3.8) is 0 Å². The molecule has 1 unspecified atom stereocenters. The van der Waals surface area contributed by atoms with Gasteiger partial charge in [0.05, 0.1) is 0 Å². The number of methoxy groups -OCH3 is 1. The molecule has 1 rings (SSSR count). The van der Waals surface area contributed by atoms with Crippen LogP contribution >= 0.6 is 0 Å². The minimum absolute atomic E-state index is 0.600. The molecule has 0 bridgehead atoms. The van der Waals surface area contributed by atoms with E-state index in [1.165, 1.54) is 44.9 Å². The van der Waals surface area contributed by atoms with Gasteiger partial charge in [0.2, 0.25) is 0 Å². The van der Waals surface area contributed by atoms with Gasteiger partial charge in [-0.15, -0.1) is 0 Å². The van der Waals surface area contributed by atoms with Gasteiger partial charge in [-0.1, -0.05) is 25.0 Å². The predicted octanol–water partition coefficient (Wildman–Crippen LogP) is 3.67. The average Bonchev–Trinajstić information content (AvgIpc) is 2.62. The van der Waals surface area contributed by atoms with Gasteiger partial charge in [0.15, 0.2) is 0 Å². The Morgan fingerprint density at radius 2 is 2.24 bits per heavy atom. The van der Waals surface area contributed by atoms with Crippen LogP contribution in [0.4, 0.5) is 0 Å². The van der Waals surface area contributed by atoms with Crippen LogP contribution in [0, 0.1) is 0 Å². The Bertz CT molecular complexity index is 213. The number of allylic oxidation sites excluding steroid dienone is 1. The fourth-order valence-electron chi connectivity index (χ4n) is 2.53. The smallest absolute Gasteiger partial charge is 0.0462 e. The summed E-state index contributed by atoms with van der Waals surface area (Å²) in [5.41, 5.74) is 1.66. The minimum atomic E-state index is 0.600. The molecule has 0 saturated heterocycles. The normalized spacial score (nSPS) is 18.6. The Labute approximate surface area is 107 Å². The van der Waals surface area contributed by atoms with Gasteiger partial charge in [0.1, 0.15) is 0 Å². The zero-order valence-electron chi connectivity index (χ0n) is 11.6. The van der Waals surface area contributed by atoms with Crippen LogP contribution in [0.25, 0.3) is 0 Å². The van der Waals surface area contributed by atoms with Crippen molar-refractivity contribution in [2.24, 2.45) is 0 Å². The second-order valence-corrected chi connectivity index (χ2v) is 5.02. The van der Waals surface area contributed by atoms with Gasteiger partial charge in [0, 0.05) is 19.8 Å². The van der Waals surface area contributed by atoms with Crippen LogP contribution in [0.1, 0.15) is 58.3 Å². The summed E-state index contributed by atoms with van der Waals surface area (Å²) in [6.07, 6.45) is 12.8. The third-order valence-corrected chi connectivity index (χ3v) is 3.51. The first kappa shape index (κ1) is 14.7. The lowest BCUT2D eigenvalue weighted by atomic mass is 9.97. The second-order valence-electron chi connectivity index (χ2n) is 5.02. The van der Waals surface area contributed by atoms with Crippen LogP contribution < -0.4 is 5.32 Å². The molecule has 0 aromatic rings. The molecule has 0 aromatic carbocycles. The molecule has 0 fully saturated rings. The molecule has 1 aliphatic carbocycles. The molecule has 0 aliphatic heterocycles. The Hall–Kier alpha value is -0.340. The quantitative estimate of drug-likeness (QED) is 0.515. The molecule has 2 heteroatoms. The summed E-state index contributed by atoms with van der Waals surface area (Å²) in [6, 6.07) is 0.600. The molecular weight excluding hydrogens is 210 g/mol. The molecule has 1 aliphatic rings. The van der Waals surface area contributed by atoms with Crippen LogP contribution in [-0.4, -0.2) is 26.3 Å². The van der Waals surface area contributed by atoms with Crippen molar-refractivity contribution in [2.75, 3.05) is 20.3 Å². The van der Waals surface area contributed by atoms with Crippen LogP contribution in [0.5, 0.6) is 0 Å². The summed E-state index contributed by atoms with van der Waals surface area (Å²) in [4.78, 5) is 0. The summed E-state index contributed by atoms with van der Waals surface area (Å²) in [5.74, 6) is 0. The fourth-order valence-corrected chi connectivity index (χ4v) is 2.53. The monoisotopic (exact) mass is 239 g/mol. The molecule has 1 N–H and O–H groups in total. The van der Waals surface area contributed by atoms with Crippen LogP contribution in [0.15, 0.2) is 11.6 Å². The minimum Gasteiger partial charge on any atom is -0.385 e. The summed E-state index contributed by atoms with van der Waals surface area (Å²) in [5, 5.41) is 3.70. The van der Waals surface area contributed by atoms with Crippen LogP contribution in [-0.2, 0) is 4.74 Å². The maximum atomic E-state index is 5.16. The highest BCUT2D eigenvalue weighted by atomic mass is 16.5. The zero-order valence-corrected chi connectivity index (χ0v) is 11.6. The third kappa shape index (κ3) is 6.23. The van der Waals surface area contributed by atoms with E-state index < -0.39 is 0 Å². The maximum Gasteiger partial charge on any atom is 0.0462 e. The van der Waals surface area contributed by atoms with E-state index in [-0.39, 0.29) is 0 Å². The van der Waals surface area contributed by atoms with E-state index in [0.717, 1.165) is 19.6 Å². The van der Waals surface area contributed by atoms with E-state index >= 15 is 0 Å². The molecule has 2 nitrogen and oxygen atoms in total. The summed E-state index contributed by atoms with van der Waals surface area (Å²) >= 11 is 0. The number of ether oxygens (including phenoxy) is 1. The Kier molecular flexibility index (Phi) is 8.37. The summed E-state index contributed by atoms with van der Waals surface area (Å²) < 4.78 is 5.16. The maximum absolute atomic E-state index is 5.16. The van der Waals surface area contributed by atoms with Gasteiger partial charge in [-0.05, 0) is 51.5 Å². The standard InChI is InChI=1S/C15H29NO/c1-3-12-16-15(11-8-13-17-2)14-9-6-4-5-7-10-14/h9,15-16H,3-8,10-13H2,1-2H3. The molecule has 1 atom stereocenters. The number of hydrogen-bond acceptors (Lipinski definition) is 2. The fraction of sp³-hybridized carbons (Fsp3) is 0.867. The zero-order chi connectivity index (χ0) is 12.3.